The van der Waals surface area contributed by atoms with Crippen molar-refractivity contribution in [3.8, 4) is 5.75 Å². The van der Waals surface area contributed by atoms with E-state index in [9.17, 15) is 9.90 Å². The molecule has 0 saturated carbocycles. The van der Waals surface area contributed by atoms with Crippen molar-refractivity contribution in [3.63, 3.8) is 0 Å². The molecule has 0 radical (unpaired) electrons. The molecule has 1 aromatic carbocycles. The number of aromatic hydroxyl groups is 1. The molecule has 3 aromatic rings. The zero-order chi connectivity index (χ0) is 23.5. The maximum absolute atomic E-state index is 12.7. The minimum atomic E-state index is -0.298. The molecule has 0 saturated heterocycles. The third-order valence-electron chi connectivity index (χ3n) is 5.10. The minimum Gasteiger partial charge on any atom is -0.507 e. The number of pyridine rings is 2. The van der Waals surface area contributed by atoms with E-state index in [1.807, 2.05) is 49.4 Å². The Morgan fingerprint density at radius 2 is 1.64 bits per heavy atom. The summed E-state index contributed by atoms with van der Waals surface area (Å²) in [5.41, 5.74) is 9.17. The van der Waals surface area contributed by atoms with Gasteiger partial charge in [-0.1, -0.05) is 18.2 Å². The molecule has 3 rings (SSSR count). The van der Waals surface area contributed by atoms with Gasteiger partial charge in [0.2, 0.25) is 0 Å². The Hall–Kier alpha value is -3.33. The van der Waals surface area contributed by atoms with Gasteiger partial charge in [0.15, 0.2) is 0 Å². The lowest BCUT2D eigenvalue weighted by atomic mass is 10.0. The molecule has 0 aliphatic carbocycles. The van der Waals surface area contributed by atoms with E-state index < -0.39 is 0 Å². The fraction of sp³-hybridized carbons (Fsp3) is 0.320. The van der Waals surface area contributed by atoms with Crippen LogP contribution in [0.1, 0.15) is 32.9 Å². The lowest BCUT2D eigenvalue weighted by Gasteiger charge is -2.23. The number of carbonyl (C=O) groups excluding carboxylic acids is 1. The van der Waals surface area contributed by atoms with E-state index >= 15 is 0 Å². The van der Waals surface area contributed by atoms with Crippen LogP contribution in [-0.4, -0.2) is 52.1 Å². The van der Waals surface area contributed by atoms with Crippen LogP contribution in [0.25, 0.3) is 0 Å². The van der Waals surface area contributed by atoms with Crippen molar-refractivity contribution < 1.29 is 9.90 Å². The topological polar surface area (TPSA) is 116 Å². The summed E-state index contributed by atoms with van der Waals surface area (Å²) in [6, 6.07) is 15.2. The first-order valence-electron chi connectivity index (χ1n) is 11.1. The average molecular weight is 449 g/mol. The Bertz CT molecular complexity index is 973. The molecule has 0 atom stereocenters. The number of aryl methyl sites for hydroxylation is 1. The van der Waals surface area contributed by atoms with Gasteiger partial charge >= 0.3 is 0 Å². The number of nitrogens with two attached hydrogens (primary N) is 1. The van der Waals surface area contributed by atoms with E-state index in [1.165, 1.54) is 0 Å². The van der Waals surface area contributed by atoms with Crippen molar-refractivity contribution in [2.45, 2.75) is 26.6 Å². The second kappa shape index (κ2) is 12.6. The molecule has 2 heterocycles. The summed E-state index contributed by atoms with van der Waals surface area (Å²) in [6.45, 7) is 5.83. The third kappa shape index (κ3) is 7.64. The van der Waals surface area contributed by atoms with Crippen LogP contribution in [0.4, 0.5) is 0 Å². The first-order valence-corrected chi connectivity index (χ1v) is 11.1. The standard InChI is InChI=1S/C25H32N6O2/c1-19-14-20(24(32)23(15-19)25(33)30-13-12-27-11-8-26)16-31(17-21-6-2-4-9-28-21)18-22-7-3-5-10-29-22/h2-7,9-10,14-15,27,32H,8,11-13,16-18,26H2,1H3,(H,30,33). The van der Waals surface area contributed by atoms with Crippen LogP contribution in [0.2, 0.25) is 0 Å². The van der Waals surface area contributed by atoms with Gasteiger partial charge in [-0.3, -0.25) is 19.7 Å². The van der Waals surface area contributed by atoms with E-state index in [0.29, 0.717) is 51.4 Å². The highest BCUT2D eigenvalue weighted by molar-refractivity contribution is 5.97. The highest BCUT2D eigenvalue weighted by Gasteiger charge is 2.18. The summed E-state index contributed by atoms with van der Waals surface area (Å²) in [5.74, 6) is -0.298. The van der Waals surface area contributed by atoms with Crippen molar-refractivity contribution in [3.05, 3.63) is 89.0 Å². The molecular weight excluding hydrogens is 416 g/mol. The second-order valence-electron chi connectivity index (χ2n) is 7.90. The van der Waals surface area contributed by atoms with Crippen LogP contribution in [0.3, 0.4) is 0 Å². The fourth-order valence-electron chi connectivity index (χ4n) is 3.58. The number of rotatable bonds is 12. The number of amides is 1. The van der Waals surface area contributed by atoms with Crippen molar-refractivity contribution in [1.82, 2.24) is 25.5 Å². The molecule has 0 aliphatic heterocycles. The first-order chi connectivity index (χ1) is 16.1. The second-order valence-corrected chi connectivity index (χ2v) is 7.90. The quantitative estimate of drug-likeness (QED) is 0.313. The summed E-state index contributed by atoms with van der Waals surface area (Å²) in [4.78, 5) is 23.7. The Morgan fingerprint density at radius 1 is 0.970 bits per heavy atom. The van der Waals surface area contributed by atoms with E-state index in [-0.39, 0.29) is 17.2 Å². The normalized spacial score (nSPS) is 11.0. The molecular formula is C25H32N6O2. The molecule has 1 amide bonds. The molecule has 2 aromatic heterocycles. The Morgan fingerprint density at radius 3 is 2.21 bits per heavy atom. The van der Waals surface area contributed by atoms with Crippen LogP contribution < -0.4 is 16.4 Å². The molecule has 0 spiro atoms. The molecule has 0 fully saturated rings. The van der Waals surface area contributed by atoms with Gasteiger partial charge in [-0.15, -0.1) is 0 Å². The predicted molar refractivity (Wildman–Crippen MR) is 129 cm³/mol. The van der Waals surface area contributed by atoms with Crippen LogP contribution in [0.15, 0.2) is 60.9 Å². The predicted octanol–water partition coefficient (Wildman–Crippen LogP) is 1.97. The zero-order valence-electron chi connectivity index (χ0n) is 19.0. The van der Waals surface area contributed by atoms with Gasteiger partial charge in [0.1, 0.15) is 5.75 Å². The first kappa shape index (κ1) is 24.3. The van der Waals surface area contributed by atoms with Gasteiger partial charge in [-0.05, 0) is 42.8 Å². The number of aromatic nitrogens is 2. The van der Waals surface area contributed by atoms with Gasteiger partial charge in [-0.2, -0.15) is 0 Å². The van der Waals surface area contributed by atoms with E-state index in [2.05, 4.69) is 25.5 Å². The zero-order valence-corrected chi connectivity index (χ0v) is 19.0. The molecule has 5 N–H and O–H groups in total. The van der Waals surface area contributed by atoms with E-state index in [1.54, 1.807) is 18.5 Å². The number of benzene rings is 1. The highest BCUT2D eigenvalue weighted by atomic mass is 16.3. The Labute approximate surface area is 194 Å². The van der Waals surface area contributed by atoms with Gasteiger partial charge in [-0.25, -0.2) is 0 Å². The van der Waals surface area contributed by atoms with Crippen LogP contribution in [0, 0.1) is 6.92 Å². The van der Waals surface area contributed by atoms with Gasteiger partial charge in [0.25, 0.3) is 5.91 Å². The largest absolute Gasteiger partial charge is 0.507 e. The molecule has 8 heteroatoms. The molecule has 0 unspecified atom stereocenters. The maximum atomic E-state index is 12.7. The number of nitrogens with one attached hydrogen (secondary N) is 2. The number of phenols is 1. The smallest absolute Gasteiger partial charge is 0.255 e. The van der Waals surface area contributed by atoms with Crippen LogP contribution in [-0.2, 0) is 19.6 Å². The molecule has 0 aliphatic rings. The third-order valence-corrected chi connectivity index (χ3v) is 5.10. The van der Waals surface area contributed by atoms with Crippen molar-refractivity contribution in [2.75, 3.05) is 26.2 Å². The van der Waals surface area contributed by atoms with Gasteiger partial charge in [0.05, 0.1) is 17.0 Å². The van der Waals surface area contributed by atoms with Crippen molar-refractivity contribution >= 4 is 5.91 Å². The van der Waals surface area contributed by atoms with E-state index in [4.69, 9.17) is 5.73 Å². The SMILES string of the molecule is Cc1cc(CN(Cc2ccccn2)Cc2ccccn2)c(O)c(C(=O)NCCNCCN)c1. The summed E-state index contributed by atoms with van der Waals surface area (Å²) in [6.07, 6.45) is 3.53. The maximum Gasteiger partial charge on any atom is 0.255 e. The molecule has 33 heavy (non-hydrogen) atoms. The summed E-state index contributed by atoms with van der Waals surface area (Å²) in [5, 5.41) is 16.9. The monoisotopic (exact) mass is 448 g/mol. The van der Waals surface area contributed by atoms with Gasteiger partial charge in [0, 0.05) is 63.8 Å². The molecule has 0 bridgehead atoms. The fourth-order valence-corrected chi connectivity index (χ4v) is 3.58. The van der Waals surface area contributed by atoms with Crippen molar-refractivity contribution in [2.24, 2.45) is 5.73 Å². The lowest BCUT2D eigenvalue weighted by Crippen LogP contribution is -2.34. The summed E-state index contributed by atoms with van der Waals surface area (Å²) < 4.78 is 0. The highest BCUT2D eigenvalue weighted by Crippen LogP contribution is 2.27. The molecule has 8 nitrogen and oxygen atoms in total. The lowest BCUT2D eigenvalue weighted by molar-refractivity contribution is 0.0950. The number of hydrogen-bond donors (Lipinski definition) is 4. The Kier molecular flexibility index (Phi) is 9.31. The Balaban J connectivity index is 1.77. The number of hydrogen-bond acceptors (Lipinski definition) is 7. The minimum absolute atomic E-state index is 0.0000547. The number of phenolic OH excluding ortho intramolecular Hbond substituents is 1. The summed E-state index contributed by atoms with van der Waals surface area (Å²) >= 11 is 0. The summed E-state index contributed by atoms with van der Waals surface area (Å²) in [7, 11) is 0. The average Bonchev–Trinajstić information content (AvgIpc) is 2.82. The van der Waals surface area contributed by atoms with E-state index in [0.717, 1.165) is 17.0 Å². The number of carbonyl (C=O) groups is 1. The van der Waals surface area contributed by atoms with Crippen LogP contribution in [0.5, 0.6) is 5.75 Å². The number of nitrogens with zero attached hydrogens (tertiary/aromatic N) is 3. The van der Waals surface area contributed by atoms with Gasteiger partial charge < -0.3 is 21.5 Å². The van der Waals surface area contributed by atoms with Crippen LogP contribution >= 0.6 is 0 Å². The van der Waals surface area contributed by atoms with Crippen molar-refractivity contribution in [1.29, 1.82) is 0 Å². The molecule has 174 valence electrons.